The van der Waals surface area contributed by atoms with Crippen molar-refractivity contribution in [2.24, 2.45) is 5.41 Å². The number of rotatable bonds is 6. The Kier molecular flexibility index (Phi) is 6.54. The Labute approximate surface area is 115 Å². The van der Waals surface area contributed by atoms with Gasteiger partial charge in [-0.2, -0.15) is 5.26 Å². The van der Waals surface area contributed by atoms with Crippen LogP contribution in [0, 0.1) is 16.7 Å². The van der Waals surface area contributed by atoms with Gasteiger partial charge in [0.1, 0.15) is 5.41 Å². The van der Waals surface area contributed by atoms with Gasteiger partial charge in [0.25, 0.3) is 0 Å². The number of hydrogen-bond donors (Lipinski definition) is 2. The molecular formula is C14H25N3O2. The van der Waals surface area contributed by atoms with Crippen molar-refractivity contribution in [1.82, 2.24) is 10.6 Å². The summed E-state index contributed by atoms with van der Waals surface area (Å²) >= 11 is 0. The molecule has 19 heavy (non-hydrogen) atoms. The Morgan fingerprint density at radius 3 is 2.05 bits per heavy atom. The number of amides is 2. The van der Waals surface area contributed by atoms with E-state index >= 15 is 0 Å². The van der Waals surface area contributed by atoms with Crippen molar-refractivity contribution >= 4 is 11.8 Å². The third kappa shape index (κ3) is 5.73. The summed E-state index contributed by atoms with van der Waals surface area (Å²) in [6.07, 6.45) is 1.16. The molecule has 0 unspecified atom stereocenters. The van der Waals surface area contributed by atoms with Crippen LogP contribution in [0.25, 0.3) is 0 Å². The maximum Gasteiger partial charge on any atom is 0.240 e. The highest BCUT2D eigenvalue weighted by molar-refractivity contribution is 5.86. The average Bonchev–Trinajstić information content (AvgIpc) is 2.29. The molecule has 0 aliphatic rings. The van der Waals surface area contributed by atoms with Crippen LogP contribution in [-0.4, -0.2) is 23.9 Å². The molecule has 0 aromatic carbocycles. The fraction of sp³-hybridized carbons (Fsp3) is 0.786. The van der Waals surface area contributed by atoms with Gasteiger partial charge in [0.2, 0.25) is 11.8 Å². The maximum absolute atomic E-state index is 12.0. The number of nitrogens with zero attached hydrogens (tertiary/aromatic N) is 1. The second-order valence-electron chi connectivity index (χ2n) is 5.71. The molecule has 0 saturated heterocycles. The normalized spacial score (nSPS) is 11.6. The van der Waals surface area contributed by atoms with Crippen LogP contribution < -0.4 is 10.6 Å². The van der Waals surface area contributed by atoms with E-state index in [9.17, 15) is 9.59 Å². The molecule has 0 aromatic heterocycles. The van der Waals surface area contributed by atoms with Crippen molar-refractivity contribution in [3.05, 3.63) is 0 Å². The van der Waals surface area contributed by atoms with Crippen LogP contribution in [-0.2, 0) is 9.59 Å². The zero-order valence-corrected chi connectivity index (χ0v) is 12.6. The first-order chi connectivity index (χ1) is 8.70. The van der Waals surface area contributed by atoms with Crippen LogP contribution >= 0.6 is 0 Å². The Morgan fingerprint density at radius 2 is 1.68 bits per heavy atom. The van der Waals surface area contributed by atoms with Crippen molar-refractivity contribution in [2.75, 3.05) is 6.54 Å². The fourth-order valence-corrected chi connectivity index (χ4v) is 1.72. The van der Waals surface area contributed by atoms with Crippen LogP contribution in [0.5, 0.6) is 0 Å². The minimum Gasteiger partial charge on any atom is -0.354 e. The second-order valence-corrected chi connectivity index (χ2v) is 5.71. The molecule has 0 saturated carbocycles. The molecular weight excluding hydrogens is 242 g/mol. The van der Waals surface area contributed by atoms with Crippen molar-refractivity contribution in [3.8, 4) is 6.07 Å². The van der Waals surface area contributed by atoms with Gasteiger partial charge in [0, 0.05) is 18.5 Å². The molecule has 2 amide bonds. The van der Waals surface area contributed by atoms with Gasteiger partial charge in [-0.3, -0.25) is 9.59 Å². The molecule has 0 spiro atoms. The molecule has 2 N–H and O–H groups in total. The predicted octanol–water partition coefficient (Wildman–Crippen LogP) is 1.74. The molecule has 0 aromatic rings. The van der Waals surface area contributed by atoms with Crippen molar-refractivity contribution in [1.29, 1.82) is 5.26 Å². The zero-order valence-electron chi connectivity index (χ0n) is 12.6. The molecule has 0 radical (unpaired) electrons. The molecule has 0 aliphatic carbocycles. The number of hydrogen-bond acceptors (Lipinski definition) is 3. The number of nitrogens with one attached hydrogen (secondary N) is 2. The van der Waals surface area contributed by atoms with Gasteiger partial charge < -0.3 is 10.6 Å². The Morgan fingerprint density at radius 1 is 1.16 bits per heavy atom. The summed E-state index contributed by atoms with van der Waals surface area (Å²) in [7, 11) is 0. The minimum atomic E-state index is -0.972. The Bertz CT molecular complexity index is 360. The molecule has 0 fully saturated rings. The van der Waals surface area contributed by atoms with Gasteiger partial charge in [-0.15, -0.1) is 0 Å². The van der Waals surface area contributed by atoms with E-state index in [1.807, 2.05) is 34.6 Å². The quantitative estimate of drug-likeness (QED) is 0.769. The molecule has 0 rings (SSSR count). The second kappa shape index (κ2) is 7.13. The van der Waals surface area contributed by atoms with Gasteiger partial charge in [-0.05, 0) is 33.6 Å². The third-order valence-electron chi connectivity index (χ3n) is 3.01. The van der Waals surface area contributed by atoms with Gasteiger partial charge in [-0.25, -0.2) is 0 Å². The van der Waals surface area contributed by atoms with Gasteiger partial charge in [0.15, 0.2) is 0 Å². The molecule has 0 atom stereocenters. The SMILES string of the molecule is CCC(C#N)(CC)C(=O)NCCC(=O)NC(C)(C)C. The summed E-state index contributed by atoms with van der Waals surface area (Å²) in [5.74, 6) is -0.396. The maximum atomic E-state index is 12.0. The first-order valence-electron chi connectivity index (χ1n) is 6.71. The minimum absolute atomic E-state index is 0.108. The first-order valence-corrected chi connectivity index (χ1v) is 6.71. The van der Waals surface area contributed by atoms with Crippen molar-refractivity contribution in [2.45, 2.75) is 59.4 Å². The summed E-state index contributed by atoms with van der Waals surface area (Å²) in [4.78, 5) is 23.5. The van der Waals surface area contributed by atoms with Crippen LogP contribution in [0.1, 0.15) is 53.9 Å². The van der Waals surface area contributed by atoms with E-state index in [-0.39, 0.29) is 30.3 Å². The highest BCUT2D eigenvalue weighted by atomic mass is 16.2. The summed E-state index contributed by atoms with van der Waals surface area (Å²) in [5, 5.41) is 14.6. The number of carbonyl (C=O) groups excluding carboxylic acids is 2. The van der Waals surface area contributed by atoms with Crippen LogP contribution in [0.2, 0.25) is 0 Å². The average molecular weight is 267 g/mol. The number of carbonyl (C=O) groups is 2. The lowest BCUT2D eigenvalue weighted by Gasteiger charge is -2.23. The van der Waals surface area contributed by atoms with E-state index in [1.54, 1.807) is 0 Å². The first kappa shape index (κ1) is 17.4. The van der Waals surface area contributed by atoms with Crippen LogP contribution in [0.3, 0.4) is 0 Å². The summed E-state index contributed by atoms with van der Waals surface area (Å²) in [5.41, 5.74) is -1.25. The van der Waals surface area contributed by atoms with Crippen LogP contribution in [0.15, 0.2) is 0 Å². The lowest BCUT2D eigenvalue weighted by molar-refractivity contribution is -0.128. The van der Waals surface area contributed by atoms with E-state index in [2.05, 4.69) is 16.7 Å². The molecule has 0 aliphatic heterocycles. The summed E-state index contributed by atoms with van der Waals surface area (Å²) in [6.45, 7) is 9.59. The van der Waals surface area contributed by atoms with E-state index in [4.69, 9.17) is 5.26 Å². The van der Waals surface area contributed by atoms with E-state index in [0.29, 0.717) is 12.8 Å². The van der Waals surface area contributed by atoms with Gasteiger partial charge in [0.05, 0.1) is 6.07 Å². The highest BCUT2D eigenvalue weighted by Gasteiger charge is 2.34. The van der Waals surface area contributed by atoms with E-state index in [0.717, 1.165) is 0 Å². The lowest BCUT2D eigenvalue weighted by atomic mass is 9.83. The predicted molar refractivity (Wildman–Crippen MR) is 74.2 cm³/mol. The topological polar surface area (TPSA) is 82.0 Å². The smallest absolute Gasteiger partial charge is 0.240 e. The Balaban J connectivity index is 4.26. The van der Waals surface area contributed by atoms with Gasteiger partial charge in [-0.1, -0.05) is 13.8 Å². The largest absolute Gasteiger partial charge is 0.354 e. The molecule has 0 bridgehead atoms. The van der Waals surface area contributed by atoms with Crippen LogP contribution in [0.4, 0.5) is 0 Å². The lowest BCUT2D eigenvalue weighted by Crippen LogP contribution is -2.44. The molecule has 5 nitrogen and oxygen atoms in total. The fourth-order valence-electron chi connectivity index (χ4n) is 1.72. The molecule has 108 valence electrons. The van der Waals surface area contributed by atoms with E-state index in [1.165, 1.54) is 0 Å². The van der Waals surface area contributed by atoms with E-state index < -0.39 is 5.41 Å². The number of nitriles is 1. The standard InChI is InChI=1S/C14H25N3O2/c1-6-14(7-2,10-15)12(19)16-9-8-11(18)17-13(3,4)5/h6-9H2,1-5H3,(H,16,19)(H,17,18). The zero-order chi connectivity index (χ0) is 15.1. The van der Waals surface area contributed by atoms with Crippen molar-refractivity contribution < 1.29 is 9.59 Å². The molecule has 0 heterocycles. The van der Waals surface area contributed by atoms with Crippen molar-refractivity contribution in [3.63, 3.8) is 0 Å². The molecule has 5 heteroatoms. The third-order valence-corrected chi connectivity index (χ3v) is 3.01. The van der Waals surface area contributed by atoms with Gasteiger partial charge >= 0.3 is 0 Å². The summed E-state index contributed by atoms with van der Waals surface area (Å²) < 4.78 is 0. The Hall–Kier alpha value is -1.57. The monoisotopic (exact) mass is 267 g/mol. The summed E-state index contributed by atoms with van der Waals surface area (Å²) in [6, 6.07) is 2.08. The highest BCUT2D eigenvalue weighted by Crippen LogP contribution is 2.25.